The molecule has 0 spiro atoms. The Morgan fingerprint density at radius 1 is 1.24 bits per heavy atom. The predicted molar refractivity (Wildman–Crippen MR) is 83.3 cm³/mol. The van der Waals surface area contributed by atoms with E-state index in [4.69, 9.17) is 0 Å². The second-order valence-corrected chi connectivity index (χ2v) is 4.72. The summed E-state index contributed by atoms with van der Waals surface area (Å²) in [5.41, 5.74) is 2.45. The van der Waals surface area contributed by atoms with Gasteiger partial charge in [0.25, 0.3) is 5.91 Å². The van der Waals surface area contributed by atoms with Gasteiger partial charge < -0.3 is 10.6 Å². The quantitative estimate of drug-likeness (QED) is 0.818. The Morgan fingerprint density at radius 3 is 2.90 bits per heavy atom. The van der Waals surface area contributed by atoms with Crippen molar-refractivity contribution < 1.29 is 4.79 Å². The molecule has 0 aliphatic carbocycles. The molecular weight excluding hydrogens is 264 g/mol. The number of pyridine rings is 2. The van der Waals surface area contributed by atoms with Crippen molar-refractivity contribution in [2.24, 2.45) is 0 Å². The van der Waals surface area contributed by atoms with E-state index in [1.54, 1.807) is 24.7 Å². The van der Waals surface area contributed by atoms with Gasteiger partial charge in [-0.25, -0.2) is 0 Å². The summed E-state index contributed by atoms with van der Waals surface area (Å²) in [7, 11) is 0. The number of hydrogen-bond donors (Lipinski definition) is 2. The maximum atomic E-state index is 12.0. The van der Waals surface area contributed by atoms with Gasteiger partial charge in [0.15, 0.2) is 0 Å². The zero-order chi connectivity index (χ0) is 14.9. The lowest BCUT2D eigenvalue weighted by molar-refractivity contribution is 0.0949. The summed E-state index contributed by atoms with van der Waals surface area (Å²) in [6.45, 7) is 3.55. The molecule has 21 heavy (non-hydrogen) atoms. The van der Waals surface area contributed by atoms with Gasteiger partial charge in [0.2, 0.25) is 0 Å². The second-order valence-electron chi connectivity index (χ2n) is 4.72. The first-order chi connectivity index (χ1) is 10.3. The van der Waals surface area contributed by atoms with Crippen molar-refractivity contribution in [2.45, 2.75) is 19.8 Å². The first-order valence-electron chi connectivity index (χ1n) is 7.16. The van der Waals surface area contributed by atoms with E-state index in [9.17, 15) is 4.79 Å². The van der Waals surface area contributed by atoms with Crippen LogP contribution in [0.4, 0.5) is 5.69 Å². The molecule has 2 N–H and O–H groups in total. The number of carbonyl (C=O) groups excluding carboxylic acids is 1. The molecule has 1 amide bonds. The minimum Gasteiger partial charge on any atom is -0.385 e. The molecule has 0 atom stereocenters. The van der Waals surface area contributed by atoms with Crippen LogP contribution >= 0.6 is 0 Å². The van der Waals surface area contributed by atoms with Crippen LogP contribution in [0.15, 0.2) is 42.9 Å². The number of carbonyl (C=O) groups is 1. The standard InChI is InChI=1S/C16H20N4O/c1-2-7-18-14-6-10-19-15(11-14)16(21)20-9-5-13-4-3-8-17-12-13/h3-4,6,8,10-12H,2,5,7,9H2,1H3,(H,18,19)(H,20,21). The van der Waals surface area contributed by atoms with Crippen LogP contribution in [0.1, 0.15) is 29.4 Å². The van der Waals surface area contributed by atoms with E-state index in [0.29, 0.717) is 12.2 Å². The number of nitrogens with one attached hydrogen (secondary N) is 2. The third kappa shape index (κ3) is 4.87. The first-order valence-corrected chi connectivity index (χ1v) is 7.16. The van der Waals surface area contributed by atoms with Gasteiger partial charge in [0.05, 0.1) is 0 Å². The molecule has 2 aromatic rings. The van der Waals surface area contributed by atoms with E-state index in [0.717, 1.165) is 30.6 Å². The lowest BCUT2D eigenvalue weighted by Gasteiger charge is -2.07. The molecule has 0 radical (unpaired) electrons. The lowest BCUT2D eigenvalue weighted by atomic mass is 10.2. The van der Waals surface area contributed by atoms with E-state index in [2.05, 4.69) is 27.5 Å². The monoisotopic (exact) mass is 284 g/mol. The highest BCUT2D eigenvalue weighted by atomic mass is 16.1. The van der Waals surface area contributed by atoms with Gasteiger partial charge in [-0.3, -0.25) is 14.8 Å². The lowest BCUT2D eigenvalue weighted by Crippen LogP contribution is -2.26. The Morgan fingerprint density at radius 2 is 2.14 bits per heavy atom. The zero-order valence-corrected chi connectivity index (χ0v) is 12.2. The van der Waals surface area contributed by atoms with Crippen molar-refractivity contribution >= 4 is 11.6 Å². The zero-order valence-electron chi connectivity index (χ0n) is 12.2. The minimum absolute atomic E-state index is 0.154. The second kappa shape index (κ2) is 7.99. The molecule has 0 aliphatic rings. The summed E-state index contributed by atoms with van der Waals surface area (Å²) >= 11 is 0. The van der Waals surface area contributed by atoms with Crippen molar-refractivity contribution in [3.8, 4) is 0 Å². The topological polar surface area (TPSA) is 66.9 Å². The molecule has 5 heteroatoms. The molecular formula is C16H20N4O. The molecule has 0 saturated heterocycles. The van der Waals surface area contributed by atoms with E-state index in [1.807, 2.05) is 18.2 Å². The summed E-state index contributed by atoms with van der Waals surface area (Å²) in [6.07, 6.45) is 6.98. The Bertz CT molecular complexity index is 571. The SMILES string of the molecule is CCCNc1ccnc(C(=O)NCCc2cccnc2)c1. The fraction of sp³-hybridized carbons (Fsp3) is 0.312. The summed E-state index contributed by atoms with van der Waals surface area (Å²) in [4.78, 5) is 20.2. The van der Waals surface area contributed by atoms with Crippen molar-refractivity contribution in [2.75, 3.05) is 18.4 Å². The summed E-state index contributed by atoms with van der Waals surface area (Å²) in [5.74, 6) is -0.154. The molecule has 5 nitrogen and oxygen atoms in total. The van der Waals surface area contributed by atoms with E-state index < -0.39 is 0 Å². The molecule has 2 rings (SSSR count). The maximum Gasteiger partial charge on any atom is 0.269 e. The molecule has 0 unspecified atom stereocenters. The van der Waals surface area contributed by atoms with Crippen molar-refractivity contribution in [3.05, 3.63) is 54.1 Å². The van der Waals surface area contributed by atoms with Crippen molar-refractivity contribution in [1.82, 2.24) is 15.3 Å². The maximum absolute atomic E-state index is 12.0. The normalized spacial score (nSPS) is 10.1. The Balaban J connectivity index is 1.85. The minimum atomic E-state index is -0.154. The highest BCUT2D eigenvalue weighted by molar-refractivity contribution is 5.93. The van der Waals surface area contributed by atoms with Crippen molar-refractivity contribution in [3.63, 3.8) is 0 Å². The smallest absolute Gasteiger partial charge is 0.269 e. The van der Waals surface area contributed by atoms with Gasteiger partial charge in [0.1, 0.15) is 5.69 Å². The summed E-state index contributed by atoms with van der Waals surface area (Å²) < 4.78 is 0. The van der Waals surface area contributed by atoms with Crippen molar-refractivity contribution in [1.29, 1.82) is 0 Å². The van der Waals surface area contributed by atoms with Gasteiger partial charge in [-0.15, -0.1) is 0 Å². The Hall–Kier alpha value is -2.43. The number of amides is 1. The fourth-order valence-corrected chi connectivity index (χ4v) is 1.89. The van der Waals surface area contributed by atoms with Gasteiger partial charge in [0, 0.05) is 37.4 Å². The van der Waals surface area contributed by atoms with Gasteiger partial charge in [-0.1, -0.05) is 13.0 Å². The molecule has 0 aromatic carbocycles. The highest BCUT2D eigenvalue weighted by Gasteiger charge is 2.07. The van der Waals surface area contributed by atoms with Gasteiger partial charge in [-0.2, -0.15) is 0 Å². The number of anilines is 1. The number of rotatable bonds is 7. The van der Waals surface area contributed by atoms with Crippen LogP contribution in [-0.2, 0) is 6.42 Å². The first kappa shape index (κ1) is 15.0. The van der Waals surface area contributed by atoms with Crippen LogP contribution < -0.4 is 10.6 Å². The third-order valence-electron chi connectivity index (χ3n) is 2.99. The third-order valence-corrected chi connectivity index (χ3v) is 2.99. The van der Waals surface area contributed by atoms with Crippen LogP contribution in [0.25, 0.3) is 0 Å². The molecule has 110 valence electrons. The molecule has 0 fully saturated rings. The molecule has 2 heterocycles. The van der Waals surface area contributed by atoms with Crippen LogP contribution in [0, 0.1) is 0 Å². The number of nitrogens with zero attached hydrogens (tertiary/aromatic N) is 2. The highest BCUT2D eigenvalue weighted by Crippen LogP contribution is 2.08. The fourth-order valence-electron chi connectivity index (χ4n) is 1.89. The van der Waals surface area contributed by atoms with Gasteiger partial charge in [-0.05, 0) is 36.6 Å². The van der Waals surface area contributed by atoms with Crippen LogP contribution in [0.5, 0.6) is 0 Å². The van der Waals surface area contributed by atoms with Crippen LogP contribution in [-0.4, -0.2) is 29.0 Å². The van der Waals surface area contributed by atoms with Crippen LogP contribution in [0.2, 0.25) is 0 Å². The van der Waals surface area contributed by atoms with Crippen LogP contribution in [0.3, 0.4) is 0 Å². The molecule has 0 bridgehead atoms. The predicted octanol–water partition coefficient (Wildman–Crippen LogP) is 2.27. The van der Waals surface area contributed by atoms with E-state index in [1.165, 1.54) is 0 Å². The largest absolute Gasteiger partial charge is 0.385 e. The van der Waals surface area contributed by atoms with E-state index in [-0.39, 0.29) is 5.91 Å². The molecule has 2 aromatic heterocycles. The molecule has 0 aliphatic heterocycles. The number of aromatic nitrogens is 2. The van der Waals surface area contributed by atoms with E-state index >= 15 is 0 Å². The Kier molecular flexibility index (Phi) is 5.70. The Labute approximate surface area is 124 Å². The summed E-state index contributed by atoms with van der Waals surface area (Å²) in [5, 5.41) is 6.12. The number of hydrogen-bond acceptors (Lipinski definition) is 4. The molecule has 0 saturated carbocycles. The van der Waals surface area contributed by atoms with Gasteiger partial charge >= 0.3 is 0 Å². The average molecular weight is 284 g/mol. The average Bonchev–Trinajstić information content (AvgIpc) is 2.54. The summed E-state index contributed by atoms with van der Waals surface area (Å²) in [6, 6.07) is 7.52.